The number of rotatable bonds is 7. The van der Waals surface area contributed by atoms with E-state index in [2.05, 4.69) is 74.5 Å². The van der Waals surface area contributed by atoms with Crippen LogP contribution in [0.25, 0.3) is 16.3 Å². The first-order valence-corrected chi connectivity index (χ1v) is 8.12. The summed E-state index contributed by atoms with van der Waals surface area (Å²) >= 11 is 0. The molecule has 0 saturated heterocycles. The van der Waals surface area contributed by atoms with Gasteiger partial charge in [0.25, 0.3) is 0 Å². The van der Waals surface area contributed by atoms with Crippen LogP contribution >= 0.6 is 0 Å². The Balaban J connectivity index is 1.90. The van der Waals surface area contributed by atoms with Gasteiger partial charge in [-0.15, -0.1) is 0 Å². The van der Waals surface area contributed by atoms with Crippen molar-refractivity contribution in [1.82, 2.24) is 0 Å². The highest BCUT2D eigenvalue weighted by atomic mass is 14.0. The van der Waals surface area contributed by atoms with E-state index >= 15 is 0 Å². The maximum Gasteiger partial charge on any atom is -0.0178 e. The Morgan fingerprint density at radius 3 is 2.48 bits per heavy atom. The fourth-order valence-electron chi connectivity index (χ4n) is 2.56. The first kappa shape index (κ1) is 15.6. The molecular formula is C21H26. The second-order valence-electron chi connectivity index (χ2n) is 5.61. The SMILES string of the molecule is CC/C=C\CCCCC=C(C)c1ccc2ccccc2c1. The van der Waals surface area contributed by atoms with Crippen LogP contribution in [0.15, 0.2) is 60.7 Å². The number of fused-ring (bicyclic) bond motifs is 1. The summed E-state index contributed by atoms with van der Waals surface area (Å²) in [6, 6.07) is 15.3. The molecule has 0 atom stereocenters. The maximum absolute atomic E-state index is 2.38. The fourth-order valence-corrected chi connectivity index (χ4v) is 2.56. The lowest BCUT2D eigenvalue weighted by molar-refractivity contribution is 0.761. The van der Waals surface area contributed by atoms with E-state index in [1.165, 1.54) is 47.6 Å². The third kappa shape index (κ3) is 4.90. The van der Waals surface area contributed by atoms with Gasteiger partial charge in [0.1, 0.15) is 0 Å². The molecule has 0 aliphatic carbocycles. The molecule has 110 valence electrons. The van der Waals surface area contributed by atoms with Gasteiger partial charge in [0.05, 0.1) is 0 Å². The molecule has 0 saturated carbocycles. The molecule has 0 nitrogen and oxygen atoms in total. The quantitative estimate of drug-likeness (QED) is 0.387. The summed E-state index contributed by atoms with van der Waals surface area (Å²) in [4.78, 5) is 0. The molecule has 0 fully saturated rings. The van der Waals surface area contributed by atoms with Gasteiger partial charge in [-0.3, -0.25) is 0 Å². The van der Waals surface area contributed by atoms with E-state index in [-0.39, 0.29) is 0 Å². The number of hydrogen-bond donors (Lipinski definition) is 0. The van der Waals surface area contributed by atoms with E-state index in [9.17, 15) is 0 Å². The molecule has 0 unspecified atom stereocenters. The number of benzene rings is 2. The Morgan fingerprint density at radius 1 is 0.905 bits per heavy atom. The molecule has 0 amide bonds. The molecule has 2 aromatic rings. The predicted octanol–water partition coefficient (Wildman–Crippen LogP) is 6.77. The minimum atomic E-state index is 1.15. The molecule has 0 bridgehead atoms. The summed E-state index contributed by atoms with van der Waals surface area (Å²) in [7, 11) is 0. The van der Waals surface area contributed by atoms with Crippen molar-refractivity contribution >= 4 is 16.3 Å². The Morgan fingerprint density at radius 2 is 1.67 bits per heavy atom. The number of allylic oxidation sites excluding steroid dienone is 4. The van der Waals surface area contributed by atoms with Gasteiger partial charge in [0.15, 0.2) is 0 Å². The normalized spacial score (nSPS) is 12.4. The molecule has 0 heterocycles. The summed E-state index contributed by atoms with van der Waals surface area (Å²) in [6.45, 7) is 4.41. The van der Waals surface area contributed by atoms with Gasteiger partial charge in [-0.05, 0) is 67.0 Å². The van der Waals surface area contributed by atoms with Gasteiger partial charge in [0, 0.05) is 0 Å². The molecular weight excluding hydrogens is 252 g/mol. The van der Waals surface area contributed by atoms with Crippen LogP contribution in [0.2, 0.25) is 0 Å². The minimum absolute atomic E-state index is 1.15. The molecule has 0 aliphatic heterocycles. The van der Waals surface area contributed by atoms with Crippen molar-refractivity contribution in [3.05, 3.63) is 66.3 Å². The van der Waals surface area contributed by atoms with Gasteiger partial charge in [0.2, 0.25) is 0 Å². The average molecular weight is 278 g/mol. The van der Waals surface area contributed by atoms with Gasteiger partial charge < -0.3 is 0 Å². The summed E-state index contributed by atoms with van der Waals surface area (Å²) in [5, 5.41) is 2.64. The molecule has 0 spiro atoms. The fraction of sp³-hybridized carbons (Fsp3) is 0.333. The smallest absolute Gasteiger partial charge is 0.0178 e. The minimum Gasteiger partial charge on any atom is -0.0888 e. The highest BCUT2D eigenvalue weighted by molar-refractivity contribution is 5.86. The molecule has 0 aliphatic rings. The standard InChI is InChI=1S/C21H26/c1-3-4-5-6-7-8-9-12-18(2)20-16-15-19-13-10-11-14-21(19)17-20/h4-5,10-17H,3,6-9H2,1-2H3/b5-4-,18-12?. The zero-order valence-electron chi connectivity index (χ0n) is 13.3. The van der Waals surface area contributed by atoms with Crippen LogP contribution in [0, 0.1) is 0 Å². The van der Waals surface area contributed by atoms with Crippen molar-refractivity contribution in [2.75, 3.05) is 0 Å². The average Bonchev–Trinajstić information content (AvgIpc) is 2.53. The first-order chi connectivity index (χ1) is 10.3. The van der Waals surface area contributed by atoms with E-state index < -0.39 is 0 Å². The maximum atomic E-state index is 2.38. The second-order valence-corrected chi connectivity index (χ2v) is 5.61. The molecule has 2 aromatic carbocycles. The molecule has 21 heavy (non-hydrogen) atoms. The van der Waals surface area contributed by atoms with Crippen molar-refractivity contribution < 1.29 is 0 Å². The van der Waals surface area contributed by atoms with Crippen molar-refractivity contribution in [2.24, 2.45) is 0 Å². The van der Waals surface area contributed by atoms with Crippen LogP contribution in [0.5, 0.6) is 0 Å². The third-order valence-electron chi connectivity index (χ3n) is 3.88. The second kappa shape index (κ2) is 8.46. The van der Waals surface area contributed by atoms with Crippen molar-refractivity contribution in [2.45, 2.75) is 46.0 Å². The Hall–Kier alpha value is -1.82. The van der Waals surface area contributed by atoms with Crippen LogP contribution in [0.3, 0.4) is 0 Å². The van der Waals surface area contributed by atoms with E-state index in [4.69, 9.17) is 0 Å². The highest BCUT2D eigenvalue weighted by Gasteiger charge is 1.98. The Bertz CT molecular complexity index is 617. The number of unbranched alkanes of at least 4 members (excludes halogenated alkanes) is 3. The zero-order valence-corrected chi connectivity index (χ0v) is 13.3. The Kier molecular flexibility index (Phi) is 6.27. The summed E-state index contributed by atoms with van der Waals surface area (Å²) in [6.07, 6.45) is 13.1. The highest BCUT2D eigenvalue weighted by Crippen LogP contribution is 2.21. The van der Waals surface area contributed by atoms with Crippen LogP contribution in [0.4, 0.5) is 0 Å². The van der Waals surface area contributed by atoms with Gasteiger partial charge in [-0.25, -0.2) is 0 Å². The van der Waals surface area contributed by atoms with E-state index in [1.54, 1.807) is 0 Å². The van der Waals surface area contributed by atoms with Crippen LogP contribution in [-0.4, -0.2) is 0 Å². The van der Waals surface area contributed by atoms with Crippen molar-refractivity contribution in [3.63, 3.8) is 0 Å². The largest absolute Gasteiger partial charge is 0.0888 e. The molecule has 2 rings (SSSR count). The number of hydrogen-bond acceptors (Lipinski definition) is 0. The van der Waals surface area contributed by atoms with Crippen LogP contribution < -0.4 is 0 Å². The monoisotopic (exact) mass is 278 g/mol. The summed E-state index contributed by atoms with van der Waals surface area (Å²) in [5.74, 6) is 0. The van der Waals surface area contributed by atoms with E-state index in [0.717, 1.165) is 6.42 Å². The van der Waals surface area contributed by atoms with E-state index in [0.29, 0.717) is 0 Å². The molecule has 0 heteroatoms. The van der Waals surface area contributed by atoms with Crippen molar-refractivity contribution in [3.8, 4) is 0 Å². The lowest BCUT2D eigenvalue weighted by Gasteiger charge is -2.04. The summed E-state index contributed by atoms with van der Waals surface area (Å²) in [5.41, 5.74) is 2.74. The van der Waals surface area contributed by atoms with Crippen LogP contribution in [0.1, 0.15) is 51.5 Å². The van der Waals surface area contributed by atoms with Gasteiger partial charge >= 0.3 is 0 Å². The van der Waals surface area contributed by atoms with Gasteiger partial charge in [-0.2, -0.15) is 0 Å². The summed E-state index contributed by atoms with van der Waals surface area (Å²) < 4.78 is 0. The van der Waals surface area contributed by atoms with Crippen molar-refractivity contribution in [1.29, 1.82) is 0 Å². The topological polar surface area (TPSA) is 0 Å². The van der Waals surface area contributed by atoms with E-state index in [1.807, 2.05) is 0 Å². The Labute approximate surface area is 129 Å². The zero-order chi connectivity index (χ0) is 14.9. The predicted molar refractivity (Wildman–Crippen MR) is 95.5 cm³/mol. The molecule has 0 aromatic heterocycles. The first-order valence-electron chi connectivity index (χ1n) is 8.12. The lowest BCUT2D eigenvalue weighted by Crippen LogP contribution is -1.82. The van der Waals surface area contributed by atoms with Crippen LogP contribution in [-0.2, 0) is 0 Å². The third-order valence-corrected chi connectivity index (χ3v) is 3.88. The lowest BCUT2D eigenvalue weighted by atomic mass is 10.0. The molecule has 0 N–H and O–H groups in total. The van der Waals surface area contributed by atoms with Gasteiger partial charge in [-0.1, -0.05) is 61.5 Å². The molecule has 0 radical (unpaired) electrons.